The molecule has 0 bridgehead atoms. The van der Waals surface area contributed by atoms with Crippen LogP contribution in [0.3, 0.4) is 0 Å². The van der Waals surface area contributed by atoms with Crippen LogP contribution in [0.1, 0.15) is 17.4 Å². The zero-order valence-electron chi connectivity index (χ0n) is 19.6. The highest BCUT2D eigenvalue weighted by molar-refractivity contribution is 6.35. The third-order valence-corrected chi connectivity index (χ3v) is 6.07. The number of para-hydroxylation sites is 1. The highest BCUT2D eigenvalue weighted by atomic mass is 19.1. The Morgan fingerprint density at radius 2 is 1.77 bits per heavy atom. The standard InChI is InChI=1S/C26H29FN4O4/c1-34-20-7-4-6-19(16-20)17-28-25(32)26(33)29-18-23(24-10-5-15-35-24)31-13-11-30(12-14-31)22-9-3-2-8-21(22)27/h2-10,15-16,23H,11-14,17-18H2,1H3,(H,28,32)(H,29,33)/t23-/m1/s1. The van der Waals surface area contributed by atoms with Gasteiger partial charge in [0, 0.05) is 39.3 Å². The maximum Gasteiger partial charge on any atom is 0.309 e. The van der Waals surface area contributed by atoms with Crippen LogP contribution in [0, 0.1) is 5.82 Å². The minimum Gasteiger partial charge on any atom is -0.497 e. The van der Waals surface area contributed by atoms with Crippen molar-refractivity contribution in [2.45, 2.75) is 12.6 Å². The number of halogens is 1. The third kappa shape index (κ3) is 6.19. The van der Waals surface area contributed by atoms with Crippen molar-refractivity contribution in [3.05, 3.63) is 84.1 Å². The second kappa shape index (κ2) is 11.5. The first-order valence-corrected chi connectivity index (χ1v) is 11.5. The predicted molar refractivity (Wildman–Crippen MR) is 129 cm³/mol. The van der Waals surface area contributed by atoms with Crippen LogP contribution in [0.2, 0.25) is 0 Å². The van der Waals surface area contributed by atoms with Crippen molar-refractivity contribution >= 4 is 17.5 Å². The number of ether oxygens (including phenoxy) is 1. The summed E-state index contributed by atoms with van der Waals surface area (Å²) in [5, 5.41) is 5.36. The number of furan rings is 1. The summed E-state index contributed by atoms with van der Waals surface area (Å²) in [5.41, 5.74) is 1.41. The van der Waals surface area contributed by atoms with E-state index in [0.717, 1.165) is 5.56 Å². The summed E-state index contributed by atoms with van der Waals surface area (Å²) in [7, 11) is 1.57. The van der Waals surface area contributed by atoms with Crippen LogP contribution in [0.15, 0.2) is 71.3 Å². The highest BCUT2D eigenvalue weighted by Gasteiger charge is 2.28. The molecule has 0 saturated carbocycles. The van der Waals surface area contributed by atoms with Crippen molar-refractivity contribution in [3.8, 4) is 5.75 Å². The van der Waals surface area contributed by atoms with E-state index in [4.69, 9.17) is 9.15 Å². The van der Waals surface area contributed by atoms with Crippen LogP contribution in [0.25, 0.3) is 0 Å². The molecule has 35 heavy (non-hydrogen) atoms. The first-order chi connectivity index (χ1) is 17.0. The van der Waals surface area contributed by atoms with Gasteiger partial charge in [-0.15, -0.1) is 0 Å². The number of nitrogens with zero attached hydrogens (tertiary/aromatic N) is 2. The molecule has 2 aromatic carbocycles. The fourth-order valence-corrected chi connectivity index (χ4v) is 4.19. The molecule has 2 amide bonds. The molecule has 9 heteroatoms. The van der Waals surface area contributed by atoms with Gasteiger partial charge in [0.15, 0.2) is 0 Å². The van der Waals surface area contributed by atoms with Gasteiger partial charge in [-0.05, 0) is 42.0 Å². The lowest BCUT2D eigenvalue weighted by Crippen LogP contribution is -2.51. The Morgan fingerprint density at radius 1 is 1.00 bits per heavy atom. The van der Waals surface area contributed by atoms with Gasteiger partial charge in [-0.1, -0.05) is 24.3 Å². The maximum atomic E-state index is 14.2. The molecular weight excluding hydrogens is 451 g/mol. The Morgan fingerprint density at radius 3 is 2.49 bits per heavy atom. The number of amides is 2. The molecule has 1 fully saturated rings. The van der Waals surface area contributed by atoms with Crippen molar-refractivity contribution < 1.29 is 23.1 Å². The quantitative estimate of drug-likeness (QED) is 0.482. The molecular formula is C26H29FN4O4. The number of anilines is 1. The van der Waals surface area contributed by atoms with E-state index in [1.807, 2.05) is 35.2 Å². The summed E-state index contributed by atoms with van der Waals surface area (Å²) in [6.45, 7) is 2.98. The topological polar surface area (TPSA) is 87.0 Å². The lowest BCUT2D eigenvalue weighted by molar-refractivity contribution is -0.139. The average Bonchev–Trinajstić information content (AvgIpc) is 3.43. The van der Waals surface area contributed by atoms with E-state index in [0.29, 0.717) is 43.4 Å². The number of carbonyl (C=O) groups excluding carboxylic acids is 2. The van der Waals surface area contributed by atoms with Crippen LogP contribution in [-0.2, 0) is 16.1 Å². The number of carbonyl (C=O) groups is 2. The molecule has 0 unspecified atom stereocenters. The maximum absolute atomic E-state index is 14.2. The molecule has 1 aliphatic rings. The zero-order valence-corrected chi connectivity index (χ0v) is 19.6. The van der Waals surface area contributed by atoms with E-state index in [1.54, 1.807) is 37.6 Å². The molecule has 1 aromatic heterocycles. The predicted octanol–water partition coefficient (Wildman–Crippen LogP) is 2.72. The van der Waals surface area contributed by atoms with Gasteiger partial charge in [-0.3, -0.25) is 14.5 Å². The number of hydrogen-bond acceptors (Lipinski definition) is 6. The lowest BCUT2D eigenvalue weighted by Gasteiger charge is -2.39. The van der Waals surface area contributed by atoms with Gasteiger partial charge in [0.05, 0.1) is 25.1 Å². The first-order valence-electron chi connectivity index (χ1n) is 11.5. The Bertz CT molecular complexity index is 1130. The number of methoxy groups -OCH3 is 1. The van der Waals surface area contributed by atoms with E-state index < -0.39 is 11.8 Å². The van der Waals surface area contributed by atoms with Crippen LogP contribution >= 0.6 is 0 Å². The molecule has 184 valence electrons. The van der Waals surface area contributed by atoms with Crippen LogP contribution in [-0.4, -0.2) is 56.5 Å². The van der Waals surface area contributed by atoms with E-state index in [9.17, 15) is 14.0 Å². The summed E-state index contributed by atoms with van der Waals surface area (Å²) in [5.74, 6) is -0.292. The zero-order chi connectivity index (χ0) is 24.6. The van der Waals surface area contributed by atoms with Gasteiger partial charge in [-0.2, -0.15) is 0 Å². The molecule has 1 aliphatic heterocycles. The molecule has 2 heterocycles. The van der Waals surface area contributed by atoms with Crippen molar-refractivity contribution in [1.82, 2.24) is 15.5 Å². The monoisotopic (exact) mass is 480 g/mol. The molecule has 8 nitrogen and oxygen atoms in total. The number of hydrogen-bond donors (Lipinski definition) is 2. The normalized spacial score (nSPS) is 14.9. The average molecular weight is 481 g/mol. The SMILES string of the molecule is COc1cccc(CNC(=O)C(=O)NC[C@H](c2ccco2)N2CCN(c3ccccc3F)CC2)c1. The molecule has 2 N–H and O–H groups in total. The Kier molecular flexibility index (Phi) is 7.99. The number of rotatable bonds is 8. The summed E-state index contributed by atoms with van der Waals surface area (Å²) >= 11 is 0. The minimum atomic E-state index is -0.713. The lowest BCUT2D eigenvalue weighted by atomic mass is 10.1. The minimum absolute atomic E-state index is 0.207. The Balaban J connectivity index is 1.32. The second-order valence-corrected chi connectivity index (χ2v) is 8.25. The van der Waals surface area contributed by atoms with Gasteiger partial charge < -0.3 is 24.7 Å². The fourth-order valence-electron chi connectivity index (χ4n) is 4.19. The van der Waals surface area contributed by atoms with Crippen molar-refractivity contribution in [1.29, 1.82) is 0 Å². The number of nitrogens with one attached hydrogen (secondary N) is 2. The van der Waals surface area contributed by atoms with Gasteiger partial charge >= 0.3 is 11.8 Å². The van der Waals surface area contributed by atoms with Gasteiger partial charge in [0.25, 0.3) is 0 Å². The van der Waals surface area contributed by atoms with Crippen molar-refractivity contribution in [3.63, 3.8) is 0 Å². The summed E-state index contributed by atoms with van der Waals surface area (Å²) in [6, 6.07) is 17.4. The summed E-state index contributed by atoms with van der Waals surface area (Å²) in [4.78, 5) is 29.0. The third-order valence-electron chi connectivity index (χ3n) is 6.07. The number of benzene rings is 2. The molecule has 0 spiro atoms. The van der Waals surface area contributed by atoms with Crippen LogP contribution < -0.4 is 20.3 Å². The Hall–Kier alpha value is -3.85. The van der Waals surface area contributed by atoms with Crippen molar-refractivity contribution in [2.24, 2.45) is 0 Å². The van der Waals surface area contributed by atoms with Crippen LogP contribution in [0.4, 0.5) is 10.1 Å². The largest absolute Gasteiger partial charge is 0.497 e. The van der Waals surface area contributed by atoms with Gasteiger partial charge in [0.1, 0.15) is 17.3 Å². The van der Waals surface area contributed by atoms with E-state index >= 15 is 0 Å². The Labute approximate surface area is 203 Å². The van der Waals surface area contributed by atoms with Crippen molar-refractivity contribution in [2.75, 3.05) is 44.7 Å². The number of piperazine rings is 1. The summed E-state index contributed by atoms with van der Waals surface area (Å²) in [6.07, 6.45) is 1.58. The molecule has 4 rings (SSSR count). The second-order valence-electron chi connectivity index (χ2n) is 8.25. The van der Waals surface area contributed by atoms with E-state index in [-0.39, 0.29) is 24.9 Å². The fraction of sp³-hybridized carbons (Fsp3) is 0.308. The molecule has 3 aromatic rings. The van der Waals surface area contributed by atoms with Gasteiger partial charge in [0.2, 0.25) is 0 Å². The molecule has 0 aliphatic carbocycles. The van der Waals surface area contributed by atoms with Gasteiger partial charge in [-0.25, -0.2) is 4.39 Å². The molecule has 1 atom stereocenters. The molecule has 1 saturated heterocycles. The van der Waals surface area contributed by atoms with E-state index in [2.05, 4.69) is 15.5 Å². The smallest absolute Gasteiger partial charge is 0.309 e. The van der Waals surface area contributed by atoms with Crippen LogP contribution in [0.5, 0.6) is 5.75 Å². The first kappa shape index (κ1) is 24.3. The summed E-state index contributed by atoms with van der Waals surface area (Å²) < 4.78 is 25.0. The highest BCUT2D eigenvalue weighted by Crippen LogP contribution is 2.25. The molecule has 0 radical (unpaired) electrons. The van der Waals surface area contributed by atoms with E-state index in [1.165, 1.54) is 6.07 Å².